The zero-order chi connectivity index (χ0) is 18.8. The van der Waals surface area contributed by atoms with Gasteiger partial charge >= 0.3 is 0 Å². The molecule has 1 aliphatic rings. The number of carbonyl (C=O) groups is 1. The Bertz CT molecular complexity index is 900. The first-order chi connectivity index (χ1) is 13.2. The molecule has 0 aromatic carbocycles. The van der Waals surface area contributed by atoms with Crippen LogP contribution in [0.25, 0.3) is 0 Å². The molecule has 0 saturated carbocycles. The van der Waals surface area contributed by atoms with E-state index in [4.69, 9.17) is 4.74 Å². The number of ether oxygens (including phenoxy) is 1. The Balaban J connectivity index is 1.54. The summed E-state index contributed by atoms with van der Waals surface area (Å²) in [6.07, 6.45) is 1.26. The maximum absolute atomic E-state index is 13.2. The van der Waals surface area contributed by atoms with Crippen LogP contribution in [0.2, 0.25) is 0 Å². The van der Waals surface area contributed by atoms with Gasteiger partial charge in [-0.1, -0.05) is 6.07 Å². The molecule has 0 N–H and O–H groups in total. The highest BCUT2D eigenvalue weighted by Crippen LogP contribution is 2.39. The van der Waals surface area contributed by atoms with Gasteiger partial charge in [0, 0.05) is 28.3 Å². The number of rotatable bonds is 6. The number of hydrogen-bond donors (Lipinski definition) is 0. The normalized spacial score (nSPS) is 17.7. The van der Waals surface area contributed by atoms with Crippen LogP contribution in [-0.2, 0) is 22.4 Å². The van der Waals surface area contributed by atoms with Crippen molar-refractivity contribution in [2.75, 3.05) is 13.2 Å². The summed E-state index contributed by atoms with van der Waals surface area (Å²) in [5.74, 6) is 0.145. The van der Waals surface area contributed by atoms with Crippen LogP contribution in [0.3, 0.4) is 0 Å². The molecule has 4 nitrogen and oxygen atoms in total. The third-order valence-corrected chi connectivity index (χ3v) is 7.74. The first-order valence-corrected chi connectivity index (χ1v) is 11.8. The van der Waals surface area contributed by atoms with Crippen LogP contribution in [0.5, 0.6) is 0 Å². The fourth-order valence-electron chi connectivity index (χ4n) is 3.51. The van der Waals surface area contributed by atoms with E-state index < -0.39 is 0 Å². The van der Waals surface area contributed by atoms with Gasteiger partial charge in [-0.3, -0.25) is 4.79 Å². The van der Waals surface area contributed by atoms with E-state index in [1.165, 1.54) is 15.3 Å². The van der Waals surface area contributed by atoms with Crippen LogP contribution in [0.15, 0.2) is 34.3 Å². The van der Waals surface area contributed by atoms with Crippen molar-refractivity contribution < 1.29 is 9.53 Å². The summed E-state index contributed by atoms with van der Waals surface area (Å²) in [5, 5.41) is 7.15. The van der Waals surface area contributed by atoms with Crippen LogP contribution in [0.1, 0.15) is 52.0 Å². The standard InChI is InChI=1S/C20H22N2O2S3/c1-3-24-13(2)20-21-14(12-27-20)11-18(23)22-8-6-16-15(7-10-26-16)19(22)17-5-4-9-25-17/h4-5,7,9-10,12-13,19H,3,6,8,11H2,1-2H3. The molecular weight excluding hydrogens is 396 g/mol. The molecule has 4 rings (SSSR count). The van der Waals surface area contributed by atoms with Crippen molar-refractivity contribution in [3.05, 3.63) is 60.4 Å². The molecule has 2 unspecified atom stereocenters. The number of nitrogens with zero attached hydrogens (tertiary/aromatic N) is 2. The average molecular weight is 419 g/mol. The second-order valence-electron chi connectivity index (χ2n) is 6.51. The van der Waals surface area contributed by atoms with Gasteiger partial charge < -0.3 is 9.64 Å². The second-order valence-corrected chi connectivity index (χ2v) is 9.38. The van der Waals surface area contributed by atoms with Crippen LogP contribution >= 0.6 is 34.0 Å². The lowest BCUT2D eigenvalue weighted by Crippen LogP contribution is -2.40. The SMILES string of the molecule is CCOC(C)c1nc(CC(=O)N2CCc3sccc3C2c2cccs2)cs1. The number of carbonyl (C=O) groups excluding carboxylic acids is 1. The van der Waals surface area contributed by atoms with Gasteiger partial charge in [-0.2, -0.15) is 0 Å². The second kappa shape index (κ2) is 8.22. The number of hydrogen-bond acceptors (Lipinski definition) is 6. The molecule has 0 saturated heterocycles. The van der Waals surface area contributed by atoms with E-state index >= 15 is 0 Å². The molecule has 3 aromatic heterocycles. The minimum Gasteiger partial charge on any atom is -0.372 e. The summed E-state index contributed by atoms with van der Waals surface area (Å²) in [5.41, 5.74) is 2.12. The third kappa shape index (κ3) is 3.87. The molecule has 4 heterocycles. The van der Waals surface area contributed by atoms with Crippen LogP contribution < -0.4 is 0 Å². The van der Waals surface area contributed by atoms with Gasteiger partial charge in [0.2, 0.25) is 5.91 Å². The zero-order valence-corrected chi connectivity index (χ0v) is 17.8. The fraction of sp³-hybridized carbons (Fsp3) is 0.400. The van der Waals surface area contributed by atoms with Crippen molar-refractivity contribution in [3.63, 3.8) is 0 Å². The largest absolute Gasteiger partial charge is 0.372 e. The summed E-state index contributed by atoms with van der Waals surface area (Å²) < 4.78 is 5.61. The quantitative estimate of drug-likeness (QED) is 0.561. The molecule has 0 spiro atoms. The van der Waals surface area contributed by atoms with Gasteiger partial charge in [0.15, 0.2) is 0 Å². The molecule has 0 aliphatic carbocycles. The van der Waals surface area contributed by atoms with Crippen LogP contribution in [-0.4, -0.2) is 28.9 Å². The van der Waals surface area contributed by atoms with Crippen molar-refractivity contribution in [1.82, 2.24) is 9.88 Å². The van der Waals surface area contributed by atoms with E-state index in [1.807, 2.05) is 24.1 Å². The predicted molar refractivity (Wildman–Crippen MR) is 112 cm³/mol. The zero-order valence-electron chi connectivity index (χ0n) is 15.4. The Morgan fingerprint density at radius 3 is 3.00 bits per heavy atom. The topological polar surface area (TPSA) is 42.4 Å². The Kier molecular flexibility index (Phi) is 5.73. The van der Waals surface area contributed by atoms with Gasteiger partial charge in [-0.05, 0) is 48.7 Å². The van der Waals surface area contributed by atoms with E-state index in [0.717, 1.165) is 23.7 Å². The average Bonchev–Trinajstić information content (AvgIpc) is 3.41. The number of thiophene rings is 2. The number of fused-ring (bicyclic) bond motifs is 1. The molecule has 0 bridgehead atoms. The van der Waals surface area contributed by atoms with Gasteiger partial charge in [0.05, 0.1) is 18.2 Å². The fourth-order valence-corrected chi connectivity index (χ4v) is 6.09. The van der Waals surface area contributed by atoms with Crippen molar-refractivity contribution in [3.8, 4) is 0 Å². The van der Waals surface area contributed by atoms with Gasteiger partial charge in [-0.25, -0.2) is 4.98 Å². The van der Waals surface area contributed by atoms with E-state index in [0.29, 0.717) is 13.0 Å². The Hall–Kier alpha value is -1.54. The van der Waals surface area contributed by atoms with E-state index in [2.05, 4.69) is 33.9 Å². The molecule has 1 amide bonds. The highest BCUT2D eigenvalue weighted by Gasteiger charge is 2.33. The van der Waals surface area contributed by atoms with Crippen molar-refractivity contribution in [2.24, 2.45) is 0 Å². The summed E-state index contributed by atoms with van der Waals surface area (Å²) in [6.45, 7) is 5.41. The summed E-state index contributed by atoms with van der Waals surface area (Å²) in [6, 6.07) is 6.40. The maximum Gasteiger partial charge on any atom is 0.229 e. The summed E-state index contributed by atoms with van der Waals surface area (Å²) in [7, 11) is 0. The first kappa shape index (κ1) is 18.8. The molecule has 3 aromatic rings. The molecule has 0 radical (unpaired) electrons. The number of aromatic nitrogens is 1. The highest BCUT2D eigenvalue weighted by atomic mass is 32.1. The number of thiazole rings is 1. The molecule has 2 atom stereocenters. The first-order valence-electron chi connectivity index (χ1n) is 9.12. The lowest BCUT2D eigenvalue weighted by molar-refractivity contribution is -0.132. The van der Waals surface area contributed by atoms with Gasteiger partial charge in [0.25, 0.3) is 0 Å². The van der Waals surface area contributed by atoms with Crippen molar-refractivity contribution in [1.29, 1.82) is 0 Å². The molecular formula is C20H22N2O2S3. The molecule has 7 heteroatoms. The molecule has 27 heavy (non-hydrogen) atoms. The highest BCUT2D eigenvalue weighted by molar-refractivity contribution is 7.10. The van der Waals surface area contributed by atoms with Gasteiger partial charge in [-0.15, -0.1) is 34.0 Å². The predicted octanol–water partition coefficient (Wildman–Crippen LogP) is 5.08. The van der Waals surface area contributed by atoms with E-state index in [1.54, 1.807) is 34.0 Å². The molecule has 1 aliphatic heterocycles. The van der Waals surface area contributed by atoms with Gasteiger partial charge in [0.1, 0.15) is 11.1 Å². The minimum atomic E-state index is -0.0222. The monoisotopic (exact) mass is 418 g/mol. The van der Waals surface area contributed by atoms with Crippen molar-refractivity contribution in [2.45, 2.75) is 38.8 Å². The summed E-state index contributed by atoms with van der Waals surface area (Å²) >= 11 is 5.09. The van der Waals surface area contributed by atoms with Crippen LogP contribution in [0.4, 0.5) is 0 Å². The number of amides is 1. The third-order valence-electron chi connectivity index (χ3n) is 4.77. The summed E-state index contributed by atoms with van der Waals surface area (Å²) in [4.78, 5) is 22.5. The van der Waals surface area contributed by atoms with Crippen LogP contribution in [0, 0.1) is 0 Å². The Labute approximate surface area is 171 Å². The van der Waals surface area contributed by atoms with E-state index in [9.17, 15) is 4.79 Å². The van der Waals surface area contributed by atoms with Crippen molar-refractivity contribution >= 4 is 39.9 Å². The maximum atomic E-state index is 13.2. The molecule has 0 fully saturated rings. The van der Waals surface area contributed by atoms with E-state index in [-0.39, 0.29) is 18.1 Å². The minimum absolute atomic E-state index is 0.0222. The molecule has 142 valence electrons. The Morgan fingerprint density at radius 2 is 2.22 bits per heavy atom. The lowest BCUT2D eigenvalue weighted by Gasteiger charge is -2.35. The lowest BCUT2D eigenvalue weighted by atomic mass is 9.98. The smallest absolute Gasteiger partial charge is 0.229 e. The Morgan fingerprint density at radius 1 is 1.33 bits per heavy atom.